The van der Waals surface area contributed by atoms with Crippen LogP contribution in [0.4, 0.5) is 0 Å². The van der Waals surface area contributed by atoms with Crippen molar-refractivity contribution in [1.82, 2.24) is 10.2 Å². The van der Waals surface area contributed by atoms with Crippen molar-refractivity contribution < 1.29 is 14.3 Å². The molecule has 1 N–H and O–H groups in total. The predicted molar refractivity (Wildman–Crippen MR) is 84.3 cm³/mol. The van der Waals surface area contributed by atoms with Crippen LogP contribution in [-0.2, 0) is 14.3 Å². The quantitative estimate of drug-likeness (QED) is 0.701. The first-order valence-electron chi connectivity index (χ1n) is 8.08. The van der Waals surface area contributed by atoms with Crippen LogP contribution in [0.15, 0.2) is 0 Å². The van der Waals surface area contributed by atoms with Crippen LogP contribution in [-0.4, -0.2) is 63.9 Å². The summed E-state index contributed by atoms with van der Waals surface area (Å²) in [6.45, 7) is 7.73. The molecule has 0 aromatic rings. The molecule has 3 atom stereocenters. The summed E-state index contributed by atoms with van der Waals surface area (Å²) in [4.78, 5) is 14.3. The molecule has 1 fully saturated rings. The van der Waals surface area contributed by atoms with Crippen molar-refractivity contribution in [2.75, 3.05) is 47.1 Å². The Bertz CT molecular complexity index is 291. The number of nitrogens with one attached hydrogen (secondary N) is 1. The number of nitrogens with zero attached hydrogens (tertiary/aromatic N) is 1. The van der Waals surface area contributed by atoms with Gasteiger partial charge < -0.3 is 14.8 Å². The molecule has 5 heteroatoms. The number of hydrogen-bond donors (Lipinski definition) is 1. The number of hydrogen-bond acceptors (Lipinski definition) is 4. The summed E-state index contributed by atoms with van der Waals surface area (Å²) in [5.41, 5.74) is 0. The van der Waals surface area contributed by atoms with Crippen molar-refractivity contribution in [3.8, 4) is 0 Å². The van der Waals surface area contributed by atoms with E-state index >= 15 is 0 Å². The highest BCUT2D eigenvalue weighted by atomic mass is 16.5. The third kappa shape index (κ3) is 6.76. The van der Waals surface area contributed by atoms with Crippen molar-refractivity contribution in [2.24, 2.45) is 11.8 Å². The van der Waals surface area contributed by atoms with Gasteiger partial charge in [0.1, 0.15) is 0 Å². The molecule has 0 heterocycles. The first-order valence-corrected chi connectivity index (χ1v) is 8.08. The molecule has 0 bridgehead atoms. The van der Waals surface area contributed by atoms with E-state index in [0.717, 1.165) is 19.5 Å². The van der Waals surface area contributed by atoms with E-state index < -0.39 is 0 Å². The Morgan fingerprint density at radius 2 is 1.76 bits per heavy atom. The van der Waals surface area contributed by atoms with Gasteiger partial charge >= 0.3 is 0 Å². The lowest BCUT2D eigenvalue weighted by Crippen LogP contribution is -2.48. The maximum Gasteiger partial charge on any atom is 0.234 e. The molecule has 5 nitrogen and oxygen atoms in total. The fraction of sp³-hybridized carbons (Fsp3) is 0.938. The molecular weight excluding hydrogens is 268 g/mol. The van der Waals surface area contributed by atoms with Gasteiger partial charge in [-0.05, 0) is 18.3 Å². The summed E-state index contributed by atoms with van der Waals surface area (Å²) in [6, 6.07) is 0.327. The second-order valence-electron chi connectivity index (χ2n) is 6.20. The lowest BCUT2D eigenvalue weighted by molar-refractivity contribution is -0.124. The summed E-state index contributed by atoms with van der Waals surface area (Å²) in [7, 11) is 3.36. The van der Waals surface area contributed by atoms with Crippen LogP contribution in [0.25, 0.3) is 0 Å². The fourth-order valence-corrected chi connectivity index (χ4v) is 2.95. The summed E-state index contributed by atoms with van der Waals surface area (Å²) in [5, 5.41) is 3.22. The van der Waals surface area contributed by atoms with E-state index in [9.17, 15) is 4.79 Å². The molecule has 1 rings (SSSR count). The summed E-state index contributed by atoms with van der Waals surface area (Å²) in [5.74, 6) is 1.38. The lowest BCUT2D eigenvalue weighted by Gasteiger charge is -2.35. The van der Waals surface area contributed by atoms with Crippen molar-refractivity contribution in [2.45, 2.75) is 39.2 Å². The molecule has 0 radical (unpaired) electrons. The van der Waals surface area contributed by atoms with E-state index in [-0.39, 0.29) is 5.91 Å². The van der Waals surface area contributed by atoms with Crippen molar-refractivity contribution in [3.05, 3.63) is 0 Å². The van der Waals surface area contributed by atoms with Gasteiger partial charge in [0, 0.05) is 33.4 Å². The van der Waals surface area contributed by atoms with Gasteiger partial charge in [-0.15, -0.1) is 0 Å². The third-order valence-corrected chi connectivity index (χ3v) is 4.64. The molecule has 1 aliphatic carbocycles. The predicted octanol–water partition coefficient (Wildman–Crippen LogP) is 1.52. The SMILES string of the molecule is COCCN(CCOC)CC(=O)NC1CCCC(C)C1C. The molecular formula is C16H32N2O3. The van der Waals surface area contributed by atoms with Crippen LogP contribution in [0.5, 0.6) is 0 Å². The Morgan fingerprint density at radius 1 is 1.14 bits per heavy atom. The minimum absolute atomic E-state index is 0.119. The second kappa shape index (κ2) is 10.1. The normalized spacial score (nSPS) is 26.0. The second-order valence-corrected chi connectivity index (χ2v) is 6.20. The van der Waals surface area contributed by atoms with Crippen LogP contribution >= 0.6 is 0 Å². The van der Waals surface area contributed by atoms with E-state index in [0.29, 0.717) is 37.6 Å². The average molecular weight is 300 g/mol. The van der Waals surface area contributed by atoms with Crippen molar-refractivity contribution >= 4 is 5.91 Å². The third-order valence-electron chi connectivity index (χ3n) is 4.64. The zero-order valence-electron chi connectivity index (χ0n) is 14.1. The van der Waals surface area contributed by atoms with E-state index in [4.69, 9.17) is 9.47 Å². The van der Waals surface area contributed by atoms with Gasteiger partial charge in [0.2, 0.25) is 5.91 Å². The zero-order valence-corrected chi connectivity index (χ0v) is 14.1. The summed E-state index contributed by atoms with van der Waals surface area (Å²) in [6.07, 6.45) is 3.60. The molecule has 124 valence electrons. The average Bonchev–Trinajstić information content (AvgIpc) is 2.46. The van der Waals surface area contributed by atoms with Gasteiger partial charge in [-0.3, -0.25) is 9.69 Å². The highest BCUT2D eigenvalue weighted by Crippen LogP contribution is 2.29. The standard InChI is InChI=1S/C16H32N2O3/c1-13-6-5-7-15(14(13)2)17-16(19)12-18(8-10-20-3)9-11-21-4/h13-15H,5-12H2,1-4H3,(H,17,19). The van der Waals surface area contributed by atoms with E-state index in [1.54, 1.807) is 14.2 Å². The molecule has 0 aliphatic heterocycles. The van der Waals surface area contributed by atoms with Crippen LogP contribution in [0.3, 0.4) is 0 Å². The molecule has 0 aromatic carbocycles. The summed E-state index contributed by atoms with van der Waals surface area (Å²) >= 11 is 0. The van der Waals surface area contributed by atoms with E-state index in [1.807, 2.05) is 0 Å². The highest BCUT2D eigenvalue weighted by Gasteiger charge is 2.28. The lowest BCUT2D eigenvalue weighted by atomic mass is 9.78. The maximum atomic E-state index is 12.3. The van der Waals surface area contributed by atoms with Crippen LogP contribution < -0.4 is 5.32 Å². The zero-order chi connectivity index (χ0) is 15.7. The van der Waals surface area contributed by atoms with E-state index in [1.165, 1.54) is 12.8 Å². The van der Waals surface area contributed by atoms with Gasteiger partial charge in [-0.1, -0.05) is 26.7 Å². The smallest absolute Gasteiger partial charge is 0.234 e. The molecule has 3 unspecified atom stereocenters. The maximum absolute atomic E-state index is 12.3. The first-order chi connectivity index (χ1) is 10.1. The number of methoxy groups -OCH3 is 2. The Kier molecular flexibility index (Phi) is 8.88. The largest absolute Gasteiger partial charge is 0.383 e. The molecule has 21 heavy (non-hydrogen) atoms. The van der Waals surface area contributed by atoms with Crippen molar-refractivity contribution in [3.63, 3.8) is 0 Å². The molecule has 1 aliphatic rings. The Hall–Kier alpha value is -0.650. The molecule has 0 aromatic heterocycles. The topological polar surface area (TPSA) is 50.8 Å². The van der Waals surface area contributed by atoms with Crippen LogP contribution in [0.1, 0.15) is 33.1 Å². The Morgan fingerprint density at radius 3 is 2.33 bits per heavy atom. The minimum Gasteiger partial charge on any atom is -0.383 e. The number of amides is 1. The summed E-state index contributed by atoms with van der Waals surface area (Å²) < 4.78 is 10.2. The number of ether oxygens (including phenoxy) is 2. The van der Waals surface area contributed by atoms with Gasteiger partial charge in [-0.25, -0.2) is 0 Å². The number of carbonyl (C=O) groups is 1. The molecule has 1 saturated carbocycles. The van der Waals surface area contributed by atoms with Gasteiger partial charge in [0.25, 0.3) is 0 Å². The monoisotopic (exact) mass is 300 g/mol. The van der Waals surface area contributed by atoms with E-state index in [2.05, 4.69) is 24.1 Å². The first kappa shape index (κ1) is 18.4. The Balaban J connectivity index is 2.40. The number of carbonyl (C=O) groups excluding carboxylic acids is 1. The molecule has 0 saturated heterocycles. The Labute approximate surface area is 129 Å². The minimum atomic E-state index is 0.119. The van der Waals surface area contributed by atoms with Gasteiger partial charge in [0.05, 0.1) is 19.8 Å². The molecule has 1 amide bonds. The highest BCUT2D eigenvalue weighted by molar-refractivity contribution is 5.78. The van der Waals surface area contributed by atoms with Gasteiger partial charge in [-0.2, -0.15) is 0 Å². The number of rotatable bonds is 9. The fourth-order valence-electron chi connectivity index (χ4n) is 2.95. The van der Waals surface area contributed by atoms with Crippen LogP contribution in [0, 0.1) is 11.8 Å². The molecule has 0 spiro atoms. The van der Waals surface area contributed by atoms with Crippen molar-refractivity contribution in [1.29, 1.82) is 0 Å². The van der Waals surface area contributed by atoms with Crippen LogP contribution in [0.2, 0.25) is 0 Å². The van der Waals surface area contributed by atoms with Gasteiger partial charge in [0.15, 0.2) is 0 Å².